The van der Waals surface area contributed by atoms with Gasteiger partial charge >= 0.3 is 0 Å². The number of amidine groups is 1. The molecule has 0 fully saturated rings. The summed E-state index contributed by atoms with van der Waals surface area (Å²) in [6, 6.07) is 5.53. The zero-order valence-corrected chi connectivity index (χ0v) is 10.0. The SMILES string of the molecule is COc1ccc(Cl)cc1NC1=NCCCC1. The van der Waals surface area contributed by atoms with Crippen molar-refractivity contribution >= 4 is 23.1 Å². The highest BCUT2D eigenvalue weighted by atomic mass is 35.5. The first-order chi connectivity index (χ1) is 7.79. The van der Waals surface area contributed by atoms with Crippen LogP contribution in [0, 0.1) is 0 Å². The van der Waals surface area contributed by atoms with Gasteiger partial charge in [0.05, 0.1) is 12.8 Å². The van der Waals surface area contributed by atoms with E-state index in [4.69, 9.17) is 16.3 Å². The maximum atomic E-state index is 5.96. The predicted molar refractivity (Wildman–Crippen MR) is 67.8 cm³/mol. The molecule has 1 aliphatic rings. The first-order valence-corrected chi connectivity index (χ1v) is 5.81. The number of halogens is 1. The maximum Gasteiger partial charge on any atom is 0.142 e. The number of methoxy groups -OCH3 is 1. The smallest absolute Gasteiger partial charge is 0.142 e. The van der Waals surface area contributed by atoms with E-state index in [2.05, 4.69) is 10.3 Å². The van der Waals surface area contributed by atoms with Crippen LogP contribution < -0.4 is 10.1 Å². The molecule has 0 atom stereocenters. The van der Waals surface area contributed by atoms with Crippen LogP contribution in [0.15, 0.2) is 23.2 Å². The van der Waals surface area contributed by atoms with Crippen molar-refractivity contribution in [3.05, 3.63) is 23.2 Å². The molecule has 0 bridgehead atoms. The lowest BCUT2D eigenvalue weighted by Crippen LogP contribution is -2.16. The number of nitrogens with zero attached hydrogens (tertiary/aromatic N) is 1. The Morgan fingerprint density at radius 3 is 2.94 bits per heavy atom. The molecule has 0 spiro atoms. The number of hydrogen-bond donors (Lipinski definition) is 1. The van der Waals surface area contributed by atoms with Crippen LogP contribution in [0.3, 0.4) is 0 Å². The fraction of sp³-hybridized carbons (Fsp3) is 0.417. The minimum Gasteiger partial charge on any atom is -0.495 e. The van der Waals surface area contributed by atoms with Crippen LogP contribution in [0.25, 0.3) is 0 Å². The lowest BCUT2D eigenvalue weighted by molar-refractivity contribution is 0.417. The van der Waals surface area contributed by atoms with Crippen molar-refractivity contribution in [3.8, 4) is 5.75 Å². The summed E-state index contributed by atoms with van der Waals surface area (Å²) >= 11 is 5.96. The minimum absolute atomic E-state index is 0.694. The van der Waals surface area contributed by atoms with Gasteiger partial charge in [-0.1, -0.05) is 11.6 Å². The van der Waals surface area contributed by atoms with Gasteiger partial charge < -0.3 is 10.1 Å². The molecular formula is C12H15ClN2O. The summed E-state index contributed by atoms with van der Waals surface area (Å²) in [5, 5.41) is 3.98. The number of aliphatic imine (C=N–C) groups is 1. The molecule has 0 amide bonds. The van der Waals surface area contributed by atoms with Crippen LogP contribution in [-0.4, -0.2) is 19.5 Å². The largest absolute Gasteiger partial charge is 0.495 e. The second kappa shape index (κ2) is 5.21. The summed E-state index contributed by atoms with van der Waals surface area (Å²) in [6.07, 6.45) is 3.36. The number of anilines is 1. The van der Waals surface area contributed by atoms with Crippen molar-refractivity contribution in [1.29, 1.82) is 0 Å². The molecule has 1 aromatic rings. The van der Waals surface area contributed by atoms with Gasteiger partial charge in [0.1, 0.15) is 11.6 Å². The van der Waals surface area contributed by atoms with Crippen LogP contribution in [0.4, 0.5) is 5.69 Å². The number of benzene rings is 1. The van der Waals surface area contributed by atoms with E-state index >= 15 is 0 Å². The molecule has 86 valence electrons. The minimum atomic E-state index is 0.694. The molecule has 2 rings (SSSR count). The number of rotatable bonds is 2. The molecule has 0 aromatic heterocycles. The molecule has 4 heteroatoms. The average Bonchev–Trinajstić information content (AvgIpc) is 2.31. The summed E-state index contributed by atoms with van der Waals surface area (Å²) in [4.78, 5) is 4.44. The Bertz CT molecular complexity index is 404. The van der Waals surface area contributed by atoms with E-state index in [1.165, 1.54) is 12.8 Å². The molecule has 1 aliphatic heterocycles. The van der Waals surface area contributed by atoms with E-state index in [9.17, 15) is 0 Å². The summed E-state index contributed by atoms with van der Waals surface area (Å²) in [5.74, 6) is 1.81. The molecule has 1 N–H and O–H groups in total. The lowest BCUT2D eigenvalue weighted by Gasteiger charge is -2.16. The molecule has 0 saturated heterocycles. The Labute approximate surface area is 100 Å². The topological polar surface area (TPSA) is 33.6 Å². The van der Waals surface area contributed by atoms with Gasteiger partial charge in [0.15, 0.2) is 0 Å². The van der Waals surface area contributed by atoms with Crippen molar-refractivity contribution in [3.63, 3.8) is 0 Å². The summed E-state index contributed by atoms with van der Waals surface area (Å²) in [6.45, 7) is 0.908. The lowest BCUT2D eigenvalue weighted by atomic mass is 10.1. The normalized spacial score (nSPS) is 15.5. The Morgan fingerprint density at radius 2 is 2.25 bits per heavy atom. The van der Waals surface area contributed by atoms with E-state index in [0.29, 0.717) is 5.02 Å². The molecule has 0 radical (unpaired) electrons. The standard InChI is InChI=1S/C12H15ClN2O/c1-16-11-6-5-9(13)8-10(11)15-12-4-2-3-7-14-12/h5-6,8H,2-4,7H2,1H3,(H,14,15). The van der Waals surface area contributed by atoms with Gasteiger partial charge in [-0.15, -0.1) is 0 Å². The fourth-order valence-corrected chi connectivity index (χ4v) is 1.90. The van der Waals surface area contributed by atoms with Crippen molar-refractivity contribution < 1.29 is 4.74 Å². The quantitative estimate of drug-likeness (QED) is 0.857. The molecule has 0 aliphatic carbocycles. The highest BCUT2D eigenvalue weighted by Crippen LogP contribution is 2.28. The second-order valence-corrected chi connectivity index (χ2v) is 4.19. The molecule has 0 unspecified atom stereocenters. The van der Waals surface area contributed by atoms with Crippen LogP contribution in [0.2, 0.25) is 5.02 Å². The number of nitrogens with one attached hydrogen (secondary N) is 1. The predicted octanol–water partition coefficient (Wildman–Crippen LogP) is 3.34. The Balaban J connectivity index is 2.18. The Hall–Kier alpha value is -1.22. The molecule has 0 saturated carbocycles. The van der Waals surface area contributed by atoms with Gasteiger partial charge in [-0.3, -0.25) is 4.99 Å². The van der Waals surface area contributed by atoms with Gasteiger partial charge in [-0.05, 0) is 31.0 Å². The van der Waals surface area contributed by atoms with Crippen molar-refractivity contribution in [1.82, 2.24) is 0 Å². The molecule has 1 heterocycles. The average molecular weight is 239 g/mol. The van der Waals surface area contributed by atoms with Crippen LogP contribution in [0.1, 0.15) is 19.3 Å². The van der Waals surface area contributed by atoms with E-state index in [1.807, 2.05) is 18.2 Å². The van der Waals surface area contributed by atoms with E-state index in [1.54, 1.807) is 7.11 Å². The van der Waals surface area contributed by atoms with Crippen LogP contribution in [0.5, 0.6) is 5.75 Å². The molecular weight excluding hydrogens is 224 g/mol. The highest BCUT2D eigenvalue weighted by molar-refractivity contribution is 6.31. The van der Waals surface area contributed by atoms with Crippen LogP contribution in [-0.2, 0) is 0 Å². The highest BCUT2D eigenvalue weighted by Gasteiger charge is 2.09. The van der Waals surface area contributed by atoms with Gasteiger partial charge in [0.25, 0.3) is 0 Å². The molecule has 1 aromatic carbocycles. The number of hydrogen-bond acceptors (Lipinski definition) is 3. The van der Waals surface area contributed by atoms with E-state index in [0.717, 1.165) is 30.2 Å². The third-order valence-corrected chi connectivity index (χ3v) is 2.80. The second-order valence-electron chi connectivity index (χ2n) is 3.76. The van der Waals surface area contributed by atoms with Crippen molar-refractivity contribution in [2.45, 2.75) is 19.3 Å². The van der Waals surface area contributed by atoms with Crippen molar-refractivity contribution in [2.75, 3.05) is 19.0 Å². The first-order valence-electron chi connectivity index (χ1n) is 5.43. The van der Waals surface area contributed by atoms with Gasteiger partial charge in [-0.25, -0.2) is 0 Å². The van der Waals surface area contributed by atoms with E-state index in [-0.39, 0.29) is 0 Å². The Kier molecular flexibility index (Phi) is 3.67. The molecule has 3 nitrogen and oxygen atoms in total. The summed E-state index contributed by atoms with van der Waals surface area (Å²) in [7, 11) is 1.65. The van der Waals surface area contributed by atoms with Crippen LogP contribution >= 0.6 is 11.6 Å². The fourth-order valence-electron chi connectivity index (χ4n) is 1.73. The van der Waals surface area contributed by atoms with Gasteiger partial charge in [0.2, 0.25) is 0 Å². The third kappa shape index (κ3) is 2.67. The zero-order chi connectivity index (χ0) is 11.4. The summed E-state index contributed by atoms with van der Waals surface area (Å²) in [5.41, 5.74) is 0.885. The third-order valence-electron chi connectivity index (χ3n) is 2.56. The van der Waals surface area contributed by atoms with E-state index < -0.39 is 0 Å². The number of ether oxygens (including phenoxy) is 1. The van der Waals surface area contributed by atoms with Crippen molar-refractivity contribution in [2.24, 2.45) is 4.99 Å². The van der Waals surface area contributed by atoms with Gasteiger partial charge in [-0.2, -0.15) is 0 Å². The molecule has 16 heavy (non-hydrogen) atoms. The first kappa shape index (κ1) is 11.3. The summed E-state index contributed by atoms with van der Waals surface area (Å²) < 4.78 is 5.27. The monoisotopic (exact) mass is 238 g/mol. The Morgan fingerprint density at radius 1 is 1.38 bits per heavy atom. The maximum absolute atomic E-state index is 5.96. The zero-order valence-electron chi connectivity index (χ0n) is 9.29. The van der Waals surface area contributed by atoms with Gasteiger partial charge in [0, 0.05) is 18.0 Å².